The fourth-order valence-corrected chi connectivity index (χ4v) is 4.88. The zero-order valence-corrected chi connectivity index (χ0v) is 24.4. The van der Waals surface area contributed by atoms with E-state index in [4.69, 9.17) is 11.5 Å². The second kappa shape index (κ2) is 15.3. The lowest BCUT2D eigenvalue weighted by Gasteiger charge is -2.25. The highest BCUT2D eigenvalue weighted by Gasteiger charge is 2.31. The first kappa shape index (κ1) is 32.4. The summed E-state index contributed by atoms with van der Waals surface area (Å²) < 4.78 is 0. The molecule has 4 unspecified atom stereocenters. The van der Waals surface area contributed by atoms with E-state index in [-0.39, 0.29) is 32.1 Å². The molecule has 0 saturated carbocycles. The van der Waals surface area contributed by atoms with Crippen LogP contribution in [0.2, 0.25) is 0 Å². The van der Waals surface area contributed by atoms with Gasteiger partial charge in [0.2, 0.25) is 23.6 Å². The van der Waals surface area contributed by atoms with Crippen molar-refractivity contribution in [3.05, 3.63) is 90.1 Å². The number of rotatable bonds is 16. The zero-order valence-electron chi connectivity index (χ0n) is 24.4. The maximum Gasteiger partial charge on any atom is 0.326 e. The highest BCUT2D eigenvalue weighted by Crippen LogP contribution is 2.19. The number of carbonyl (C=O) groups is 5. The molecule has 45 heavy (non-hydrogen) atoms. The number of nitrogens with two attached hydrogens (primary N) is 2. The number of nitrogens with zero attached hydrogens (tertiary/aromatic N) is 1. The van der Waals surface area contributed by atoms with E-state index in [1.807, 2.05) is 24.3 Å². The van der Waals surface area contributed by atoms with E-state index in [0.29, 0.717) is 11.3 Å². The monoisotopic (exact) mass is 616 g/mol. The topological polar surface area (TPSA) is 238 Å². The number of hydrogen-bond acceptors (Lipinski definition) is 7. The molecular formula is C31H36N8O6. The minimum absolute atomic E-state index is 0.00807. The van der Waals surface area contributed by atoms with E-state index >= 15 is 0 Å². The lowest BCUT2D eigenvalue weighted by atomic mass is 10.0. The van der Waals surface area contributed by atoms with Gasteiger partial charge < -0.3 is 42.5 Å². The molecule has 0 aliphatic heterocycles. The number of nitrogens with one attached hydrogen (secondary N) is 5. The van der Waals surface area contributed by atoms with Gasteiger partial charge in [-0.2, -0.15) is 0 Å². The third kappa shape index (κ3) is 9.24. The van der Waals surface area contributed by atoms with Crippen LogP contribution in [0.25, 0.3) is 10.9 Å². The molecule has 0 spiro atoms. The Morgan fingerprint density at radius 1 is 0.800 bits per heavy atom. The summed E-state index contributed by atoms with van der Waals surface area (Å²) in [5.41, 5.74) is 14.3. The molecule has 0 bridgehead atoms. The second-order valence-electron chi connectivity index (χ2n) is 10.7. The van der Waals surface area contributed by atoms with Crippen molar-refractivity contribution < 1.29 is 29.1 Å². The SMILES string of the molecule is NC(=O)CCC(NC(=O)C(Cc1c[nH]c2ccccc12)NC(=O)C(N)Cc1cnc[nH]1)C(=O)NC(Cc1ccccc1)C(=O)O. The Morgan fingerprint density at radius 2 is 1.47 bits per heavy atom. The van der Waals surface area contributed by atoms with Gasteiger partial charge in [0.25, 0.3) is 0 Å². The average Bonchev–Trinajstić information content (AvgIpc) is 3.68. The molecule has 2 heterocycles. The largest absolute Gasteiger partial charge is 0.480 e. The fraction of sp³-hybridized carbons (Fsp3) is 0.290. The van der Waals surface area contributed by atoms with Crippen molar-refractivity contribution >= 4 is 40.5 Å². The van der Waals surface area contributed by atoms with Crippen molar-refractivity contribution in [1.29, 1.82) is 0 Å². The Kier molecular flexibility index (Phi) is 11.0. The van der Waals surface area contributed by atoms with Crippen molar-refractivity contribution in [3.8, 4) is 0 Å². The highest BCUT2D eigenvalue weighted by atomic mass is 16.4. The number of carbonyl (C=O) groups excluding carboxylic acids is 4. The van der Waals surface area contributed by atoms with Gasteiger partial charge >= 0.3 is 5.97 Å². The first-order valence-corrected chi connectivity index (χ1v) is 14.3. The third-order valence-electron chi connectivity index (χ3n) is 7.27. The number of fused-ring (bicyclic) bond motifs is 1. The van der Waals surface area contributed by atoms with E-state index in [1.165, 1.54) is 12.5 Å². The Bertz CT molecular complexity index is 1620. The van der Waals surface area contributed by atoms with Crippen LogP contribution in [0, 0.1) is 0 Å². The molecule has 2 aromatic heterocycles. The third-order valence-corrected chi connectivity index (χ3v) is 7.27. The number of imidazole rings is 1. The van der Waals surface area contributed by atoms with Gasteiger partial charge in [-0.25, -0.2) is 9.78 Å². The number of aromatic amines is 2. The minimum Gasteiger partial charge on any atom is -0.480 e. The number of aliphatic carboxylic acids is 1. The lowest BCUT2D eigenvalue weighted by molar-refractivity contribution is -0.142. The highest BCUT2D eigenvalue weighted by molar-refractivity contribution is 5.95. The number of hydrogen-bond donors (Lipinski definition) is 8. The van der Waals surface area contributed by atoms with Gasteiger partial charge in [0.1, 0.15) is 18.1 Å². The molecule has 0 radical (unpaired) electrons. The molecule has 0 fully saturated rings. The van der Waals surface area contributed by atoms with Crippen molar-refractivity contribution in [2.45, 2.75) is 56.3 Å². The minimum atomic E-state index is -1.33. The zero-order chi connectivity index (χ0) is 32.3. The molecule has 4 amide bonds. The van der Waals surface area contributed by atoms with Crippen LogP contribution in [0.3, 0.4) is 0 Å². The second-order valence-corrected chi connectivity index (χ2v) is 10.7. The van der Waals surface area contributed by atoms with Gasteiger partial charge in [-0.15, -0.1) is 0 Å². The number of carboxylic acids is 1. The smallest absolute Gasteiger partial charge is 0.326 e. The number of H-pyrrole nitrogens is 2. The molecule has 14 nitrogen and oxygen atoms in total. The van der Waals surface area contributed by atoms with Crippen LogP contribution in [0.5, 0.6) is 0 Å². The first-order chi connectivity index (χ1) is 21.6. The summed E-state index contributed by atoms with van der Waals surface area (Å²) >= 11 is 0. The molecule has 4 rings (SSSR count). The predicted octanol–water partition coefficient (Wildman–Crippen LogP) is 0.0507. The van der Waals surface area contributed by atoms with E-state index < -0.39 is 53.8 Å². The maximum atomic E-state index is 13.7. The number of aromatic nitrogens is 3. The van der Waals surface area contributed by atoms with E-state index in [1.54, 1.807) is 36.5 Å². The first-order valence-electron chi connectivity index (χ1n) is 14.3. The molecule has 2 aromatic carbocycles. The standard InChI is InChI=1S/C31H36N8O6/c32-22(14-20-16-34-17-36-20)28(41)38-25(13-19-15-35-23-9-5-4-8-21(19)23)30(43)37-24(10-11-27(33)40)29(42)39-26(31(44)45)12-18-6-2-1-3-7-18/h1-9,15-17,22,24-26,35H,10-14,32H2,(H2,33,40)(H,34,36)(H,37,43)(H,38,41)(H,39,42)(H,44,45). The van der Waals surface area contributed by atoms with Crippen molar-refractivity contribution in [2.75, 3.05) is 0 Å². The van der Waals surface area contributed by atoms with Crippen LogP contribution in [0.1, 0.15) is 29.7 Å². The Morgan fingerprint density at radius 3 is 2.16 bits per heavy atom. The van der Waals surface area contributed by atoms with E-state index in [2.05, 4.69) is 30.9 Å². The normalized spacial score (nSPS) is 13.7. The number of carboxylic acid groups (broad SMARTS) is 1. The number of benzene rings is 2. The van der Waals surface area contributed by atoms with Gasteiger partial charge in [0, 0.05) is 54.7 Å². The van der Waals surface area contributed by atoms with Crippen LogP contribution in [-0.4, -0.2) is 73.8 Å². The van der Waals surface area contributed by atoms with Gasteiger partial charge in [0.15, 0.2) is 0 Å². The molecular weight excluding hydrogens is 580 g/mol. The van der Waals surface area contributed by atoms with Crippen LogP contribution < -0.4 is 27.4 Å². The van der Waals surface area contributed by atoms with Gasteiger partial charge in [0.05, 0.1) is 12.4 Å². The summed E-state index contributed by atoms with van der Waals surface area (Å²) in [4.78, 5) is 73.8. The summed E-state index contributed by atoms with van der Waals surface area (Å²) in [5, 5.41) is 18.4. The Labute approximate surface area is 258 Å². The van der Waals surface area contributed by atoms with Crippen molar-refractivity contribution in [1.82, 2.24) is 30.9 Å². The quantitative estimate of drug-likeness (QED) is 0.0854. The van der Waals surface area contributed by atoms with Crippen LogP contribution >= 0.6 is 0 Å². The summed E-state index contributed by atoms with van der Waals surface area (Å²) in [7, 11) is 0. The van der Waals surface area contributed by atoms with Crippen molar-refractivity contribution in [2.24, 2.45) is 11.5 Å². The molecule has 14 heteroatoms. The van der Waals surface area contributed by atoms with Crippen molar-refractivity contribution in [3.63, 3.8) is 0 Å². The molecule has 10 N–H and O–H groups in total. The predicted molar refractivity (Wildman–Crippen MR) is 164 cm³/mol. The molecule has 0 aliphatic carbocycles. The fourth-order valence-electron chi connectivity index (χ4n) is 4.88. The van der Waals surface area contributed by atoms with Gasteiger partial charge in [-0.1, -0.05) is 48.5 Å². The number of primary amides is 1. The Hall–Kier alpha value is -5.50. The van der Waals surface area contributed by atoms with Gasteiger partial charge in [-0.05, 0) is 23.6 Å². The van der Waals surface area contributed by atoms with Crippen LogP contribution in [0.15, 0.2) is 73.3 Å². The molecule has 236 valence electrons. The summed E-state index contributed by atoms with van der Waals surface area (Å²) in [6.07, 6.45) is 4.42. The van der Waals surface area contributed by atoms with E-state index in [9.17, 15) is 29.1 Å². The van der Waals surface area contributed by atoms with Gasteiger partial charge in [-0.3, -0.25) is 19.2 Å². The van der Waals surface area contributed by atoms with Crippen LogP contribution in [-0.2, 0) is 43.2 Å². The maximum absolute atomic E-state index is 13.7. The lowest BCUT2D eigenvalue weighted by Crippen LogP contribution is -2.58. The summed E-state index contributed by atoms with van der Waals surface area (Å²) in [5.74, 6) is -4.16. The Balaban J connectivity index is 1.54. The number of amides is 4. The van der Waals surface area contributed by atoms with E-state index in [0.717, 1.165) is 16.5 Å². The summed E-state index contributed by atoms with van der Waals surface area (Å²) in [6, 6.07) is 11.3. The molecule has 4 atom stereocenters. The molecule has 0 aliphatic rings. The van der Waals surface area contributed by atoms with Crippen LogP contribution in [0.4, 0.5) is 0 Å². The molecule has 4 aromatic rings. The molecule has 0 saturated heterocycles. The summed E-state index contributed by atoms with van der Waals surface area (Å²) in [6.45, 7) is 0. The number of para-hydroxylation sites is 1. The average molecular weight is 617 g/mol.